The number of hydrogen-bond donors (Lipinski definition) is 1. The van der Waals surface area contributed by atoms with Gasteiger partial charge in [0.1, 0.15) is 16.8 Å². The third kappa shape index (κ3) is 5.07. The lowest BCUT2D eigenvalue weighted by molar-refractivity contribution is -0.146. The Bertz CT molecular complexity index is 536. The number of hydrogen-bond acceptors (Lipinski definition) is 4. The highest BCUT2D eigenvalue weighted by molar-refractivity contribution is 6.42. The molecule has 2 atom stereocenters. The largest absolute Gasteiger partial charge is 0.482 e. The molecule has 0 aromatic heterocycles. The van der Waals surface area contributed by atoms with Crippen LogP contribution >= 0.6 is 23.2 Å². The SMILES string of the molecule is CC[C@H](C)[C@H](NC(=O)COc1cccc(Cl)c1Cl)C(=O)OC. The molecule has 0 aliphatic rings. The lowest BCUT2D eigenvalue weighted by Gasteiger charge is -2.21. The van der Waals surface area contributed by atoms with Crippen molar-refractivity contribution in [3.05, 3.63) is 28.2 Å². The number of benzene rings is 1. The van der Waals surface area contributed by atoms with Gasteiger partial charge in [-0.25, -0.2) is 4.79 Å². The highest BCUT2D eigenvalue weighted by atomic mass is 35.5. The van der Waals surface area contributed by atoms with E-state index >= 15 is 0 Å². The Labute approximate surface area is 139 Å². The van der Waals surface area contributed by atoms with Gasteiger partial charge in [0.2, 0.25) is 0 Å². The summed E-state index contributed by atoms with van der Waals surface area (Å²) in [5.41, 5.74) is 0. The smallest absolute Gasteiger partial charge is 0.328 e. The van der Waals surface area contributed by atoms with Gasteiger partial charge < -0.3 is 14.8 Å². The fraction of sp³-hybridized carbons (Fsp3) is 0.467. The minimum Gasteiger partial charge on any atom is -0.482 e. The quantitative estimate of drug-likeness (QED) is 0.769. The van der Waals surface area contributed by atoms with E-state index in [2.05, 4.69) is 5.32 Å². The highest BCUT2D eigenvalue weighted by Gasteiger charge is 2.26. The Morgan fingerprint density at radius 1 is 1.32 bits per heavy atom. The van der Waals surface area contributed by atoms with E-state index in [-0.39, 0.29) is 17.5 Å². The van der Waals surface area contributed by atoms with Crippen molar-refractivity contribution in [2.45, 2.75) is 26.3 Å². The van der Waals surface area contributed by atoms with Gasteiger partial charge in [-0.15, -0.1) is 0 Å². The number of nitrogens with one attached hydrogen (secondary N) is 1. The summed E-state index contributed by atoms with van der Waals surface area (Å²) in [7, 11) is 1.28. The lowest BCUT2D eigenvalue weighted by Crippen LogP contribution is -2.47. The molecule has 7 heteroatoms. The molecule has 1 rings (SSSR count). The third-order valence-corrected chi connectivity index (χ3v) is 4.06. The zero-order chi connectivity index (χ0) is 16.7. The van der Waals surface area contributed by atoms with Crippen LogP contribution < -0.4 is 10.1 Å². The summed E-state index contributed by atoms with van der Waals surface area (Å²) >= 11 is 11.8. The molecule has 0 aliphatic carbocycles. The predicted molar refractivity (Wildman–Crippen MR) is 85.4 cm³/mol. The van der Waals surface area contributed by atoms with E-state index in [4.69, 9.17) is 32.7 Å². The summed E-state index contributed by atoms with van der Waals surface area (Å²) in [5, 5.41) is 3.19. The van der Waals surface area contributed by atoms with Crippen LogP contribution in [0, 0.1) is 5.92 Å². The number of halogens is 2. The molecule has 5 nitrogen and oxygen atoms in total. The summed E-state index contributed by atoms with van der Waals surface area (Å²) in [4.78, 5) is 23.6. The Morgan fingerprint density at radius 3 is 2.59 bits per heavy atom. The molecule has 1 aromatic rings. The second kappa shape index (κ2) is 8.86. The molecule has 1 amide bonds. The predicted octanol–water partition coefficient (Wildman–Crippen LogP) is 3.08. The first kappa shape index (κ1) is 18.6. The molecule has 1 aromatic carbocycles. The average Bonchev–Trinajstić information content (AvgIpc) is 2.52. The number of methoxy groups -OCH3 is 1. The summed E-state index contributed by atoms with van der Waals surface area (Å²) in [6.45, 7) is 3.51. The minimum atomic E-state index is -0.707. The molecule has 122 valence electrons. The van der Waals surface area contributed by atoms with Crippen LogP contribution in [0.4, 0.5) is 0 Å². The van der Waals surface area contributed by atoms with Crippen LogP contribution in [0.3, 0.4) is 0 Å². The fourth-order valence-electron chi connectivity index (χ4n) is 1.75. The van der Waals surface area contributed by atoms with E-state index in [9.17, 15) is 9.59 Å². The van der Waals surface area contributed by atoms with Crippen molar-refractivity contribution in [3.63, 3.8) is 0 Å². The maximum atomic E-state index is 11.9. The summed E-state index contributed by atoms with van der Waals surface area (Å²) in [6.07, 6.45) is 0.723. The maximum Gasteiger partial charge on any atom is 0.328 e. The average molecular weight is 348 g/mol. The molecule has 0 radical (unpaired) electrons. The standard InChI is InChI=1S/C15H19Cl2NO4/c1-4-9(2)14(15(20)21-3)18-12(19)8-22-11-7-5-6-10(16)13(11)17/h5-7,9,14H,4,8H2,1-3H3,(H,18,19)/t9-,14-/m0/s1. The van der Waals surface area contributed by atoms with Gasteiger partial charge in [0.05, 0.1) is 12.1 Å². The minimum absolute atomic E-state index is 0.0499. The molecule has 0 unspecified atom stereocenters. The fourth-order valence-corrected chi connectivity index (χ4v) is 2.10. The van der Waals surface area contributed by atoms with Crippen LogP contribution in [0.2, 0.25) is 10.0 Å². The molecule has 0 saturated carbocycles. The molecular weight excluding hydrogens is 329 g/mol. The van der Waals surface area contributed by atoms with Crippen LogP contribution in [-0.4, -0.2) is 31.6 Å². The van der Waals surface area contributed by atoms with Crippen LogP contribution in [-0.2, 0) is 14.3 Å². The summed E-state index contributed by atoms with van der Waals surface area (Å²) < 4.78 is 10.0. The van der Waals surface area contributed by atoms with Crippen molar-refractivity contribution < 1.29 is 19.1 Å². The molecule has 22 heavy (non-hydrogen) atoms. The Morgan fingerprint density at radius 2 is 2.00 bits per heavy atom. The molecular formula is C15H19Cl2NO4. The zero-order valence-corrected chi connectivity index (χ0v) is 14.2. The first-order chi connectivity index (χ1) is 10.4. The number of carbonyl (C=O) groups excluding carboxylic acids is 2. The van der Waals surface area contributed by atoms with Crippen LogP contribution in [0.15, 0.2) is 18.2 Å². The second-order valence-electron chi connectivity index (χ2n) is 4.79. The number of rotatable bonds is 7. The van der Waals surface area contributed by atoms with Gasteiger partial charge in [0, 0.05) is 0 Å². The van der Waals surface area contributed by atoms with E-state index in [0.717, 1.165) is 6.42 Å². The molecule has 1 N–H and O–H groups in total. The molecule has 0 spiro atoms. The van der Waals surface area contributed by atoms with Crippen molar-refractivity contribution in [2.24, 2.45) is 5.92 Å². The third-order valence-electron chi connectivity index (χ3n) is 3.26. The first-order valence-corrected chi connectivity index (χ1v) is 7.60. The summed E-state index contributed by atoms with van der Waals surface area (Å²) in [5.74, 6) is -0.663. The highest BCUT2D eigenvalue weighted by Crippen LogP contribution is 2.31. The normalized spacial score (nSPS) is 13.1. The van der Waals surface area contributed by atoms with Gasteiger partial charge >= 0.3 is 5.97 Å². The van der Waals surface area contributed by atoms with Gasteiger partial charge in [0.25, 0.3) is 5.91 Å². The molecule has 0 aliphatic heterocycles. The lowest BCUT2D eigenvalue weighted by atomic mass is 9.99. The second-order valence-corrected chi connectivity index (χ2v) is 5.58. The van der Waals surface area contributed by atoms with E-state index in [1.807, 2.05) is 13.8 Å². The number of ether oxygens (including phenoxy) is 2. The van der Waals surface area contributed by atoms with Gasteiger partial charge in [-0.3, -0.25) is 4.79 Å². The van der Waals surface area contributed by atoms with Gasteiger partial charge in [0.15, 0.2) is 6.61 Å². The van der Waals surface area contributed by atoms with Gasteiger partial charge in [-0.05, 0) is 18.1 Å². The zero-order valence-electron chi connectivity index (χ0n) is 12.7. The molecule has 0 bridgehead atoms. The van der Waals surface area contributed by atoms with Gasteiger partial charge in [-0.1, -0.05) is 49.5 Å². The van der Waals surface area contributed by atoms with Crippen molar-refractivity contribution in [2.75, 3.05) is 13.7 Å². The number of amides is 1. The van der Waals surface area contributed by atoms with Crippen LogP contribution in [0.1, 0.15) is 20.3 Å². The Kier molecular flexibility index (Phi) is 7.48. The molecule has 0 fully saturated rings. The molecule has 0 saturated heterocycles. The van der Waals surface area contributed by atoms with E-state index in [1.165, 1.54) is 7.11 Å². The molecule has 0 heterocycles. The van der Waals surface area contributed by atoms with Crippen LogP contribution in [0.25, 0.3) is 0 Å². The van der Waals surface area contributed by atoms with Gasteiger partial charge in [-0.2, -0.15) is 0 Å². The first-order valence-electron chi connectivity index (χ1n) is 6.84. The van der Waals surface area contributed by atoms with E-state index in [1.54, 1.807) is 18.2 Å². The van der Waals surface area contributed by atoms with Crippen LogP contribution in [0.5, 0.6) is 5.75 Å². The van der Waals surface area contributed by atoms with E-state index < -0.39 is 17.9 Å². The number of carbonyl (C=O) groups is 2. The topological polar surface area (TPSA) is 64.6 Å². The van der Waals surface area contributed by atoms with Crippen molar-refractivity contribution in [3.8, 4) is 5.75 Å². The maximum absolute atomic E-state index is 11.9. The monoisotopic (exact) mass is 347 g/mol. The Hall–Kier alpha value is -1.46. The van der Waals surface area contributed by atoms with E-state index in [0.29, 0.717) is 10.8 Å². The van der Waals surface area contributed by atoms with Crippen molar-refractivity contribution in [1.29, 1.82) is 0 Å². The Balaban J connectivity index is 2.64. The van der Waals surface area contributed by atoms with Crippen molar-refractivity contribution in [1.82, 2.24) is 5.32 Å². The number of esters is 1. The van der Waals surface area contributed by atoms with Crippen molar-refractivity contribution >= 4 is 35.1 Å². The summed E-state index contributed by atoms with van der Waals surface area (Å²) in [6, 6.07) is 4.18.